The van der Waals surface area contributed by atoms with Crippen molar-refractivity contribution < 1.29 is 4.79 Å². The van der Waals surface area contributed by atoms with Crippen LogP contribution in [0, 0.1) is 0 Å². The third-order valence-electron chi connectivity index (χ3n) is 2.62. The Kier molecular flexibility index (Phi) is 9.33. The van der Waals surface area contributed by atoms with E-state index in [-0.39, 0.29) is 6.03 Å². The van der Waals surface area contributed by atoms with E-state index in [1.54, 1.807) is 4.90 Å². The fourth-order valence-electron chi connectivity index (χ4n) is 1.61. The van der Waals surface area contributed by atoms with Crippen LogP contribution >= 0.6 is 0 Å². The third-order valence-corrected chi connectivity index (χ3v) is 2.62. The van der Waals surface area contributed by atoms with Crippen molar-refractivity contribution in [3.63, 3.8) is 0 Å². The topological polar surface area (TPSA) is 46.3 Å². The van der Waals surface area contributed by atoms with Gasteiger partial charge in [0.15, 0.2) is 0 Å². The highest BCUT2D eigenvalue weighted by molar-refractivity contribution is 5.71. The summed E-state index contributed by atoms with van der Waals surface area (Å²) in [4.78, 5) is 12.9. The van der Waals surface area contributed by atoms with E-state index in [2.05, 4.69) is 13.8 Å². The highest BCUT2D eigenvalue weighted by atomic mass is 16.2. The first-order valence-electron chi connectivity index (χ1n) is 6.26. The molecule has 0 radical (unpaired) electrons. The second-order valence-electron chi connectivity index (χ2n) is 4.09. The van der Waals surface area contributed by atoms with E-state index < -0.39 is 0 Å². The predicted octanol–water partition coefficient (Wildman–Crippen LogP) is 3.14. The number of urea groups is 1. The third kappa shape index (κ3) is 8.28. The zero-order valence-corrected chi connectivity index (χ0v) is 10.3. The maximum atomic E-state index is 11.1. The number of hydrogen-bond acceptors (Lipinski definition) is 1. The molecule has 0 aliphatic carbocycles. The second-order valence-corrected chi connectivity index (χ2v) is 4.09. The van der Waals surface area contributed by atoms with E-state index in [4.69, 9.17) is 5.73 Å². The van der Waals surface area contributed by atoms with Crippen LogP contribution in [0.2, 0.25) is 0 Å². The van der Waals surface area contributed by atoms with Gasteiger partial charge in [-0.2, -0.15) is 0 Å². The van der Waals surface area contributed by atoms with Crippen molar-refractivity contribution >= 4 is 6.03 Å². The summed E-state index contributed by atoms with van der Waals surface area (Å²) in [7, 11) is 0. The summed E-state index contributed by atoms with van der Waals surface area (Å²) in [5.74, 6) is 0. The van der Waals surface area contributed by atoms with Gasteiger partial charge in [0.1, 0.15) is 0 Å². The van der Waals surface area contributed by atoms with Crippen molar-refractivity contribution in [3.8, 4) is 0 Å². The minimum atomic E-state index is -0.261. The first-order chi connectivity index (χ1) is 7.22. The van der Waals surface area contributed by atoms with Crippen molar-refractivity contribution in [3.05, 3.63) is 0 Å². The Morgan fingerprint density at radius 3 is 1.87 bits per heavy atom. The van der Waals surface area contributed by atoms with Crippen molar-refractivity contribution in [2.75, 3.05) is 13.1 Å². The summed E-state index contributed by atoms with van der Waals surface area (Å²) in [5.41, 5.74) is 5.32. The Hall–Kier alpha value is -0.730. The van der Waals surface area contributed by atoms with Gasteiger partial charge in [-0.05, 0) is 12.8 Å². The van der Waals surface area contributed by atoms with Gasteiger partial charge in [0.05, 0.1) is 0 Å². The number of primary amides is 1. The molecule has 3 nitrogen and oxygen atoms in total. The van der Waals surface area contributed by atoms with Crippen molar-refractivity contribution in [1.29, 1.82) is 0 Å². The maximum Gasteiger partial charge on any atom is 0.314 e. The lowest BCUT2D eigenvalue weighted by molar-refractivity contribution is 0.205. The zero-order valence-electron chi connectivity index (χ0n) is 10.3. The van der Waals surface area contributed by atoms with Crippen LogP contribution in [-0.2, 0) is 0 Å². The fraction of sp³-hybridized carbons (Fsp3) is 0.917. The molecule has 0 aliphatic heterocycles. The molecule has 0 rings (SSSR count). The van der Waals surface area contributed by atoms with Crippen molar-refractivity contribution in [2.45, 2.75) is 58.8 Å². The van der Waals surface area contributed by atoms with E-state index in [0.29, 0.717) is 0 Å². The van der Waals surface area contributed by atoms with Gasteiger partial charge in [-0.1, -0.05) is 46.0 Å². The van der Waals surface area contributed by atoms with Crippen LogP contribution in [0.25, 0.3) is 0 Å². The van der Waals surface area contributed by atoms with E-state index in [1.807, 2.05) is 0 Å². The molecule has 90 valence electrons. The minimum absolute atomic E-state index is 0.261. The molecular weight excluding hydrogens is 188 g/mol. The van der Waals surface area contributed by atoms with Crippen LogP contribution < -0.4 is 5.73 Å². The number of rotatable bonds is 9. The summed E-state index contributed by atoms with van der Waals surface area (Å²) < 4.78 is 0. The van der Waals surface area contributed by atoms with E-state index in [0.717, 1.165) is 25.9 Å². The molecule has 2 N–H and O–H groups in total. The Morgan fingerprint density at radius 1 is 0.933 bits per heavy atom. The largest absolute Gasteiger partial charge is 0.351 e. The van der Waals surface area contributed by atoms with Gasteiger partial charge < -0.3 is 10.6 Å². The molecule has 0 aromatic carbocycles. The average molecular weight is 214 g/mol. The molecule has 0 spiro atoms. The summed E-state index contributed by atoms with van der Waals surface area (Å²) >= 11 is 0. The fourth-order valence-corrected chi connectivity index (χ4v) is 1.61. The summed E-state index contributed by atoms with van der Waals surface area (Å²) in [5, 5.41) is 0. The molecule has 0 saturated heterocycles. The van der Waals surface area contributed by atoms with Crippen LogP contribution in [-0.4, -0.2) is 24.0 Å². The number of nitrogens with two attached hydrogens (primary N) is 1. The molecule has 0 unspecified atom stereocenters. The first-order valence-corrected chi connectivity index (χ1v) is 6.26. The monoisotopic (exact) mass is 214 g/mol. The predicted molar refractivity (Wildman–Crippen MR) is 64.8 cm³/mol. The molecule has 15 heavy (non-hydrogen) atoms. The number of hydrogen-bond donors (Lipinski definition) is 1. The molecule has 0 aliphatic rings. The Morgan fingerprint density at radius 2 is 1.40 bits per heavy atom. The van der Waals surface area contributed by atoms with E-state index in [9.17, 15) is 4.79 Å². The Balaban J connectivity index is 3.59. The van der Waals surface area contributed by atoms with Crippen LogP contribution in [0.4, 0.5) is 4.79 Å². The molecule has 3 heteroatoms. The second kappa shape index (κ2) is 9.81. The van der Waals surface area contributed by atoms with Gasteiger partial charge in [-0.25, -0.2) is 4.79 Å². The standard InChI is InChI=1S/C12H26N2O/c1-3-5-7-9-11-14(12(13)15)10-8-6-4-2/h3-11H2,1-2H3,(H2,13,15). The minimum Gasteiger partial charge on any atom is -0.351 e. The van der Waals surface area contributed by atoms with Gasteiger partial charge in [-0.15, -0.1) is 0 Å². The molecule has 0 aromatic heterocycles. The SMILES string of the molecule is CCCCCCN(CCCCC)C(N)=O. The van der Waals surface area contributed by atoms with Gasteiger partial charge >= 0.3 is 6.03 Å². The number of nitrogens with zero attached hydrogens (tertiary/aromatic N) is 1. The molecule has 0 saturated carbocycles. The molecule has 2 amide bonds. The molecule has 0 bridgehead atoms. The molecule has 0 aromatic rings. The Labute approximate surface area is 94.0 Å². The zero-order chi connectivity index (χ0) is 11.5. The maximum absolute atomic E-state index is 11.1. The first kappa shape index (κ1) is 14.3. The highest BCUT2D eigenvalue weighted by Gasteiger charge is 2.07. The summed E-state index contributed by atoms with van der Waals surface area (Å²) in [6.45, 7) is 6.01. The quantitative estimate of drug-likeness (QED) is 0.589. The van der Waals surface area contributed by atoms with Crippen molar-refractivity contribution in [1.82, 2.24) is 4.90 Å². The summed E-state index contributed by atoms with van der Waals surface area (Å²) in [6.07, 6.45) is 8.21. The smallest absolute Gasteiger partial charge is 0.314 e. The number of carbonyl (C=O) groups is 1. The van der Waals surface area contributed by atoms with Crippen LogP contribution in [0.15, 0.2) is 0 Å². The lowest BCUT2D eigenvalue weighted by Gasteiger charge is -2.20. The number of carbonyl (C=O) groups excluding carboxylic acids is 1. The average Bonchev–Trinajstić information content (AvgIpc) is 2.21. The van der Waals surface area contributed by atoms with Crippen LogP contribution in [0.1, 0.15) is 58.8 Å². The van der Waals surface area contributed by atoms with E-state index in [1.165, 1.54) is 32.1 Å². The van der Waals surface area contributed by atoms with Gasteiger partial charge in [0.2, 0.25) is 0 Å². The van der Waals surface area contributed by atoms with Crippen LogP contribution in [0.5, 0.6) is 0 Å². The van der Waals surface area contributed by atoms with Gasteiger partial charge in [-0.3, -0.25) is 0 Å². The number of unbranched alkanes of at least 4 members (excludes halogenated alkanes) is 5. The summed E-state index contributed by atoms with van der Waals surface area (Å²) in [6, 6.07) is -0.261. The molecule has 0 atom stereocenters. The lowest BCUT2D eigenvalue weighted by Crippen LogP contribution is -2.37. The van der Waals surface area contributed by atoms with Gasteiger partial charge in [0, 0.05) is 13.1 Å². The number of amides is 2. The Bertz CT molecular complexity index is 160. The lowest BCUT2D eigenvalue weighted by atomic mass is 10.2. The molecular formula is C12H26N2O. The van der Waals surface area contributed by atoms with Crippen molar-refractivity contribution in [2.24, 2.45) is 5.73 Å². The molecule has 0 fully saturated rings. The van der Waals surface area contributed by atoms with Crippen LogP contribution in [0.3, 0.4) is 0 Å². The van der Waals surface area contributed by atoms with Gasteiger partial charge in [0.25, 0.3) is 0 Å². The van der Waals surface area contributed by atoms with E-state index >= 15 is 0 Å². The molecule has 0 heterocycles. The normalized spacial score (nSPS) is 10.3. The highest BCUT2D eigenvalue weighted by Crippen LogP contribution is 2.03.